The zero-order chi connectivity index (χ0) is 27.1. The summed E-state index contributed by atoms with van der Waals surface area (Å²) in [6, 6.07) is 19.0. The molecule has 2 aliphatic heterocycles. The molecule has 210 valence electrons. The van der Waals surface area contributed by atoms with Crippen molar-refractivity contribution in [3.05, 3.63) is 66.4 Å². The van der Waals surface area contributed by atoms with E-state index < -0.39 is 0 Å². The zero-order valence-corrected chi connectivity index (χ0v) is 23.0. The van der Waals surface area contributed by atoms with E-state index in [-0.39, 0.29) is 12.6 Å². The largest absolute Gasteiger partial charge is 0.494 e. The molecule has 2 saturated heterocycles. The van der Waals surface area contributed by atoms with Crippen LogP contribution in [-0.2, 0) is 11.2 Å². The summed E-state index contributed by atoms with van der Waals surface area (Å²) in [7, 11) is 0. The Morgan fingerprint density at radius 3 is 2.31 bits per heavy atom. The van der Waals surface area contributed by atoms with E-state index in [0.717, 1.165) is 74.3 Å². The van der Waals surface area contributed by atoms with Crippen molar-refractivity contribution < 1.29 is 19.4 Å². The van der Waals surface area contributed by atoms with Crippen LogP contribution in [0.2, 0.25) is 0 Å². The molecule has 0 amide bonds. The normalized spacial score (nSPS) is 17.1. The summed E-state index contributed by atoms with van der Waals surface area (Å²) >= 11 is 0. The molecule has 1 N–H and O–H groups in total. The van der Waals surface area contributed by atoms with Crippen LogP contribution in [0.4, 0.5) is 0 Å². The van der Waals surface area contributed by atoms with E-state index in [1.807, 2.05) is 18.3 Å². The third kappa shape index (κ3) is 9.52. The highest BCUT2D eigenvalue weighted by Crippen LogP contribution is 2.26. The lowest BCUT2D eigenvalue weighted by Gasteiger charge is -2.32. The Hall–Kier alpha value is -3.16. The van der Waals surface area contributed by atoms with Gasteiger partial charge in [-0.25, -0.2) is 0 Å². The highest BCUT2D eigenvalue weighted by molar-refractivity contribution is 5.84. The van der Waals surface area contributed by atoms with Crippen LogP contribution in [0, 0.1) is 0 Å². The molecule has 7 nitrogen and oxygen atoms in total. The smallest absolute Gasteiger partial charge is 0.290 e. The van der Waals surface area contributed by atoms with Crippen molar-refractivity contribution in [1.29, 1.82) is 0 Å². The van der Waals surface area contributed by atoms with Gasteiger partial charge in [-0.1, -0.05) is 43.2 Å². The molecule has 5 rings (SSSR count). The summed E-state index contributed by atoms with van der Waals surface area (Å²) in [5.41, 5.74) is 2.35. The Bertz CT molecular complexity index is 1100. The Morgan fingerprint density at radius 1 is 0.872 bits per heavy atom. The molecule has 3 heterocycles. The molecule has 7 heteroatoms. The lowest BCUT2D eigenvalue weighted by atomic mass is 10.1. The molecule has 0 atom stereocenters. The number of rotatable bonds is 10. The van der Waals surface area contributed by atoms with E-state index in [9.17, 15) is 0 Å². The Kier molecular flexibility index (Phi) is 11.9. The van der Waals surface area contributed by atoms with Crippen molar-refractivity contribution in [2.45, 2.75) is 57.5 Å². The van der Waals surface area contributed by atoms with Gasteiger partial charge in [0.05, 0.1) is 6.61 Å². The lowest BCUT2D eigenvalue weighted by Crippen LogP contribution is -2.39. The van der Waals surface area contributed by atoms with Crippen molar-refractivity contribution in [2.24, 2.45) is 0 Å². The number of para-hydroxylation sites is 1. The first-order valence-corrected chi connectivity index (χ1v) is 14.5. The molecule has 0 aliphatic carbocycles. The molecule has 39 heavy (non-hydrogen) atoms. The number of ether oxygens (including phenoxy) is 2. The van der Waals surface area contributed by atoms with Crippen molar-refractivity contribution in [3.8, 4) is 11.5 Å². The lowest BCUT2D eigenvalue weighted by molar-refractivity contribution is -0.122. The average Bonchev–Trinajstić information content (AvgIpc) is 3.25. The van der Waals surface area contributed by atoms with Gasteiger partial charge in [0.25, 0.3) is 6.47 Å². The number of benzene rings is 2. The minimum Gasteiger partial charge on any atom is -0.494 e. The monoisotopic (exact) mass is 533 g/mol. The minimum absolute atomic E-state index is 0.250. The minimum atomic E-state index is -0.250. The van der Waals surface area contributed by atoms with E-state index >= 15 is 0 Å². The fourth-order valence-electron chi connectivity index (χ4n) is 5.48. The van der Waals surface area contributed by atoms with Crippen LogP contribution in [0.5, 0.6) is 11.5 Å². The molecular weight excluding hydrogens is 490 g/mol. The topological polar surface area (TPSA) is 75.1 Å². The first-order valence-electron chi connectivity index (χ1n) is 14.5. The standard InChI is InChI=1S/C31H41N3O2.CH2O2/c1-2-4-20-33(19-3-1)21-7-25-35-28-13-11-26(12-14-28)15-22-34-23-16-29(17-24-34)36-30-10-5-8-27-9-6-18-32-31(27)30;2-1-3/h5-6,8-14,18,29H,1-4,7,15-17,19-25H2;1H,(H,2,3). The van der Waals surface area contributed by atoms with Crippen molar-refractivity contribution in [1.82, 2.24) is 14.8 Å². The van der Waals surface area contributed by atoms with Gasteiger partial charge in [-0.2, -0.15) is 0 Å². The van der Waals surface area contributed by atoms with Gasteiger partial charge in [0.2, 0.25) is 0 Å². The Labute approximate surface area is 232 Å². The maximum absolute atomic E-state index is 8.36. The van der Waals surface area contributed by atoms with E-state index in [0.29, 0.717) is 0 Å². The van der Waals surface area contributed by atoms with Crippen molar-refractivity contribution in [2.75, 3.05) is 45.9 Å². The van der Waals surface area contributed by atoms with E-state index in [1.165, 1.54) is 50.9 Å². The maximum Gasteiger partial charge on any atom is 0.290 e. The Balaban J connectivity index is 0.00000112. The summed E-state index contributed by atoms with van der Waals surface area (Å²) < 4.78 is 12.4. The highest BCUT2D eigenvalue weighted by atomic mass is 16.5. The summed E-state index contributed by atoms with van der Waals surface area (Å²) in [5.74, 6) is 1.91. The molecule has 1 aromatic heterocycles. The summed E-state index contributed by atoms with van der Waals surface area (Å²) in [6.07, 6.45) is 11.9. The predicted octanol–water partition coefficient (Wildman–Crippen LogP) is 5.67. The van der Waals surface area contributed by atoms with Gasteiger partial charge in [-0.05, 0) is 81.4 Å². The van der Waals surface area contributed by atoms with Crippen LogP contribution in [0.1, 0.15) is 50.5 Å². The third-order valence-corrected chi connectivity index (χ3v) is 7.65. The molecule has 0 radical (unpaired) electrons. The third-order valence-electron chi connectivity index (χ3n) is 7.65. The van der Waals surface area contributed by atoms with Crippen LogP contribution in [-0.4, -0.2) is 78.3 Å². The first kappa shape index (κ1) is 28.8. The molecule has 2 aromatic carbocycles. The van der Waals surface area contributed by atoms with Crippen LogP contribution < -0.4 is 9.47 Å². The molecular formula is C32H43N3O4. The van der Waals surface area contributed by atoms with Gasteiger partial charge in [0.15, 0.2) is 0 Å². The van der Waals surface area contributed by atoms with Gasteiger partial charge < -0.3 is 24.4 Å². The van der Waals surface area contributed by atoms with Crippen molar-refractivity contribution in [3.63, 3.8) is 0 Å². The number of nitrogens with zero attached hydrogens (tertiary/aromatic N) is 3. The van der Waals surface area contributed by atoms with Gasteiger partial charge in [0.1, 0.15) is 23.1 Å². The van der Waals surface area contributed by atoms with Crippen LogP contribution in [0.25, 0.3) is 10.9 Å². The van der Waals surface area contributed by atoms with E-state index in [1.54, 1.807) is 0 Å². The maximum atomic E-state index is 8.36. The SMILES string of the molecule is O=CO.c1cnc2c(OC3CCN(CCc4ccc(OCCCN5CCCCCC5)cc4)CC3)cccc2c1. The van der Waals surface area contributed by atoms with Gasteiger partial charge in [-0.3, -0.25) is 9.78 Å². The zero-order valence-electron chi connectivity index (χ0n) is 23.0. The number of likely N-dealkylation sites (tertiary alicyclic amines) is 2. The number of hydrogen-bond acceptors (Lipinski definition) is 6. The second kappa shape index (κ2) is 16.1. The number of carboxylic acid groups (broad SMARTS) is 1. The summed E-state index contributed by atoms with van der Waals surface area (Å²) in [5, 5.41) is 8.02. The number of aromatic nitrogens is 1. The Morgan fingerprint density at radius 2 is 1.56 bits per heavy atom. The molecule has 0 saturated carbocycles. The van der Waals surface area contributed by atoms with Crippen molar-refractivity contribution >= 4 is 17.4 Å². The summed E-state index contributed by atoms with van der Waals surface area (Å²) in [6.45, 7) is 7.52. The van der Waals surface area contributed by atoms with E-state index in [4.69, 9.17) is 19.4 Å². The first-order chi connectivity index (χ1) is 19.2. The van der Waals surface area contributed by atoms with E-state index in [2.05, 4.69) is 57.2 Å². The van der Waals surface area contributed by atoms with Gasteiger partial charge in [-0.15, -0.1) is 0 Å². The second-order valence-corrected chi connectivity index (χ2v) is 10.4. The highest BCUT2D eigenvalue weighted by Gasteiger charge is 2.21. The van der Waals surface area contributed by atoms with Gasteiger partial charge >= 0.3 is 0 Å². The second-order valence-electron chi connectivity index (χ2n) is 10.4. The number of carbonyl (C=O) groups is 1. The number of piperidine rings is 1. The number of pyridine rings is 1. The van der Waals surface area contributed by atoms with Crippen LogP contribution in [0.15, 0.2) is 60.8 Å². The summed E-state index contributed by atoms with van der Waals surface area (Å²) in [4.78, 5) is 18.1. The van der Waals surface area contributed by atoms with Gasteiger partial charge in [0, 0.05) is 37.8 Å². The molecule has 2 aliphatic rings. The fourth-order valence-corrected chi connectivity index (χ4v) is 5.48. The van der Waals surface area contributed by atoms with Crippen LogP contribution in [0.3, 0.4) is 0 Å². The molecule has 3 aromatic rings. The predicted molar refractivity (Wildman–Crippen MR) is 156 cm³/mol. The molecule has 0 bridgehead atoms. The average molecular weight is 534 g/mol. The quantitative estimate of drug-likeness (QED) is 0.266. The number of fused-ring (bicyclic) bond motifs is 1. The van der Waals surface area contributed by atoms with Crippen LogP contribution >= 0.6 is 0 Å². The molecule has 2 fully saturated rings. The number of hydrogen-bond donors (Lipinski definition) is 1. The molecule has 0 spiro atoms. The molecule has 0 unspecified atom stereocenters. The fraction of sp³-hybridized carbons (Fsp3) is 0.500.